The lowest BCUT2D eigenvalue weighted by Gasteiger charge is -2.01. The average Bonchev–Trinajstić information content (AvgIpc) is 3.09. The van der Waals surface area contributed by atoms with Crippen LogP contribution in [0, 0.1) is 0 Å². The Bertz CT molecular complexity index is 643. The van der Waals surface area contributed by atoms with E-state index in [1.165, 1.54) is 5.56 Å². The average molecular weight is 273 g/mol. The molecule has 2 heterocycles. The molecule has 0 aliphatic rings. The highest BCUT2D eigenvalue weighted by atomic mass is 32.1. The van der Waals surface area contributed by atoms with Gasteiger partial charge in [-0.25, -0.2) is 4.98 Å². The molecule has 0 amide bonds. The van der Waals surface area contributed by atoms with Crippen LogP contribution in [-0.2, 0) is 0 Å². The normalized spacial score (nSPS) is 10.5. The van der Waals surface area contributed by atoms with Gasteiger partial charge in [0, 0.05) is 21.9 Å². The molecule has 2 aromatic heterocycles. The number of aromatic nitrogens is 1. The highest BCUT2D eigenvalue weighted by molar-refractivity contribution is 7.14. The molecule has 0 aliphatic carbocycles. The molecule has 3 rings (SSSR count). The van der Waals surface area contributed by atoms with Crippen molar-refractivity contribution in [2.75, 3.05) is 7.11 Å². The van der Waals surface area contributed by atoms with Gasteiger partial charge in [-0.15, -0.1) is 11.3 Å². The first-order valence-corrected chi connectivity index (χ1v) is 7.31. The summed E-state index contributed by atoms with van der Waals surface area (Å²) in [5.41, 5.74) is 3.28. The maximum atomic E-state index is 5.23. The quantitative estimate of drug-likeness (QED) is 0.698. The smallest absolute Gasteiger partial charge is 0.124 e. The molecule has 0 saturated heterocycles. The number of methoxy groups -OCH3 is 1. The summed E-state index contributed by atoms with van der Waals surface area (Å²) in [6.07, 6.45) is 0. The van der Waals surface area contributed by atoms with Crippen molar-refractivity contribution in [1.82, 2.24) is 4.98 Å². The largest absolute Gasteiger partial charge is 0.497 e. The number of rotatable bonds is 3. The molecule has 0 atom stereocenters. The monoisotopic (exact) mass is 273 g/mol. The third-order valence-corrected chi connectivity index (χ3v) is 4.21. The maximum absolute atomic E-state index is 5.23. The third-order valence-electron chi connectivity index (χ3n) is 2.64. The van der Waals surface area contributed by atoms with Gasteiger partial charge in [0.25, 0.3) is 0 Å². The Morgan fingerprint density at radius 1 is 1.11 bits per heavy atom. The molecule has 3 aromatic rings. The zero-order valence-electron chi connectivity index (χ0n) is 9.79. The third kappa shape index (κ3) is 2.17. The van der Waals surface area contributed by atoms with Crippen LogP contribution in [0.4, 0.5) is 0 Å². The van der Waals surface area contributed by atoms with Crippen molar-refractivity contribution in [2.45, 2.75) is 0 Å². The van der Waals surface area contributed by atoms with Crippen LogP contribution in [0.15, 0.2) is 46.5 Å². The first kappa shape index (κ1) is 11.4. The van der Waals surface area contributed by atoms with E-state index in [0.29, 0.717) is 0 Å². The van der Waals surface area contributed by atoms with Gasteiger partial charge in [0.1, 0.15) is 10.8 Å². The highest BCUT2D eigenvalue weighted by Crippen LogP contribution is 2.31. The molecule has 4 heteroatoms. The first-order chi connectivity index (χ1) is 8.86. The van der Waals surface area contributed by atoms with Crippen LogP contribution in [0.5, 0.6) is 5.75 Å². The molecular weight excluding hydrogens is 262 g/mol. The number of ether oxygens (including phenoxy) is 1. The summed E-state index contributed by atoms with van der Waals surface area (Å²) in [6, 6.07) is 10.1. The summed E-state index contributed by atoms with van der Waals surface area (Å²) < 4.78 is 5.23. The Morgan fingerprint density at radius 2 is 2.06 bits per heavy atom. The molecule has 0 radical (unpaired) electrons. The van der Waals surface area contributed by atoms with Gasteiger partial charge in [0.2, 0.25) is 0 Å². The van der Waals surface area contributed by atoms with E-state index in [2.05, 4.69) is 33.3 Å². The summed E-state index contributed by atoms with van der Waals surface area (Å²) in [5, 5.41) is 7.34. The van der Waals surface area contributed by atoms with Crippen LogP contribution in [0.3, 0.4) is 0 Å². The van der Waals surface area contributed by atoms with E-state index in [4.69, 9.17) is 4.74 Å². The zero-order valence-corrected chi connectivity index (χ0v) is 11.4. The van der Waals surface area contributed by atoms with Crippen LogP contribution in [-0.4, -0.2) is 12.1 Å². The van der Waals surface area contributed by atoms with E-state index >= 15 is 0 Å². The minimum atomic E-state index is 0.859. The molecular formula is C14H11NOS2. The van der Waals surface area contributed by atoms with Crippen molar-refractivity contribution in [3.8, 4) is 27.6 Å². The fourth-order valence-corrected chi connectivity index (χ4v) is 3.25. The molecule has 0 N–H and O–H groups in total. The molecule has 0 aliphatic heterocycles. The second kappa shape index (κ2) is 4.92. The minimum absolute atomic E-state index is 0.859. The summed E-state index contributed by atoms with van der Waals surface area (Å²) in [4.78, 5) is 4.67. The molecule has 0 fully saturated rings. The van der Waals surface area contributed by atoms with Gasteiger partial charge < -0.3 is 4.74 Å². The van der Waals surface area contributed by atoms with Crippen molar-refractivity contribution in [3.63, 3.8) is 0 Å². The molecule has 0 unspecified atom stereocenters. The number of benzene rings is 1. The van der Waals surface area contributed by atoms with Crippen molar-refractivity contribution in [1.29, 1.82) is 0 Å². The number of thiophene rings is 1. The van der Waals surface area contributed by atoms with Gasteiger partial charge >= 0.3 is 0 Å². The predicted octanol–water partition coefficient (Wildman–Crippen LogP) is 4.55. The summed E-state index contributed by atoms with van der Waals surface area (Å²) in [7, 11) is 1.68. The van der Waals surface area contributed by atoms with Crippen molar-refractivity contribution in [3.05, 3.63) is 46.5 Å². The fraction of sp³-hybridized carbons (Fsp3) is 0.0714. The van der Waals surface area contributed by atoms with Crippen molar-refractivity contribution in [2.24, 2.45) is 0 Å². The van der Waals surface area contributed by atoms with Crippen LogP contribution in [0.1, 0.15) is 0 Å². The molecule has 2 nitrogen and oxygen atoms in total. The predicted molar refractivity (Wildman–Crippen MR) is 77.4 cm³/mol. The fourth-order valence-electron chi connectivity index (χ4n) is 1.71. The number of thiazole rings is 1. The SMILES string of the molecule is COc1cccc(-c2csc(-c3ccsc3)n2)c1. The summed E-state index contributed by atoms with van der Waals surface area (Å²) >= 11 is 3.36. The van der Waals surface area contributed by atoms with E-state index in [1.807, 2.05) is 18.2 Å². The summed E-state index contributed by atoms with van der Waals surface area (Å²) in [6.45, 7) is 0. The molecule has 0 spiro atoms. The van der Waals surface area contributed by atoms with Gasteiger partial charge in [-0.2, -0.15) is 11.3 Å². The van der Waals surface area contributed by atoms with Crippen LogP contribution < -0.4 is 4.74 Å². The van der Waals surface area contributed by atoms with Gasteiger partial charge in [0.05, 0.1) is 12.8 Å². The second-order valence-corrected chi connectivity index (χ2v) is 5.42. The van der Waals surface area contributed by atoms with E-state index in [-0.39, 0.29) is 0 Å². The summed E-state index contributed by atoms with van der Waals surface area (Å²) in [5.74, 6) is 0.859. The Balaban J connectivity index is 1.97. The van der Waals surface area contributed by atoms with E-state index < -0.39 is 0 Å². The minimum Gasteiger partial charge on any atom is -0.497 e. The standard InChI is InChI=1S/C14H11NOS2/c1-16-12-4-2-3-10(7-12)13-9-18-14(15-13)11-5-6-17-8-11/h2-9H,1H3. The van der Waals surface area contributed by atoms with Gasteiger partial charge in [-0.3, -0.25) is 0 Å². The maximum Gasteiger partial charge on any atom is 0.124 e. The van der Waals surface area contributed by atoms with Crippen molar-refractivity contribution < 1.29 is 4.74 Å². The Hall–Kier alpha value is -1.65. The van der Waals surface area contributed by atoms with E-state index in [0.717, 1.165) is 22.0 Å². The van der Waals surface area contributed by atoms with E-state index in [9.17, 15) is 0 Å². The van der Waals surface area contributed by atoms with Crippen LogP contribution in [0.25, 0.3) is 21.8 Å². The first-order valence-electron chi connectivity index (χ1n) is 5.49. The van der Waals surface area contributed by atoms with Crippen LogP contribution >= 0.6 is 22.7 Å². The molecule has 90 valence electrons. The molecule has 1 aromatic carbocycles. The topological polar surface area (TPSA) is 22.1 Å². The van der Waals surface area contributed by atoms with Gasteiger partial charge in [-0.05, 0) is 23.6 Å². The lowest BCUT2D eigenvalue weighted by Crippen LogP contribution is -1.83. The lowest BCUT2D eigenvalue weighted by atomic mass is 10.1. The molecule has 0 bridgehead atoms. The second-order valence-electron chi connectivity index (χ2n) is 3.78. The van der Waals surface area contributed by atoms with Crippen molar-refractivity contribution >= 4 is 22.7 Å². The van der Waals surface area contributed by atoms with Gasteiger partial charge in [0.15, 0.2) is 0 Å². The number of hydrogen-bond acceptors (Lipinski definition) is 4. The molecule has 18 heavy (non-hydrogen) atoms. The Kier molecular flexibility index (Phi) is 3.13. The Morgan fingerprint density at radius 3 is 2.83 bits per heavy atom. The van der Waals surface area contributed by atoms with Gasteiger partial charge in [-0.1, -0.05) is 12.1 Å². The highest BCUT2D eigenvalue weighted by Gasteiger charge is 2.07. The number of nitrogens with zero attached hydrogens (tertiary/aromatic N) is 1. The van der Waals surface area contributed by atoms with Crippen LogP contribution in [0.2, 0.25) is 0 Å². The lowest BCUT2D eigenvalue weighted by molar-refractivity contribution is 0.415. The number of hydrogen-bond donors (Lipinski definition) is 0. The zero-order chi connectivity index (χ0) is 12.4. The molecule has 0 saturated carbocycles. The Labute approximate surface area is 114 Å². The van der Waals surface area contributed by atoms with E-state index in [1.54, 1.807) is 29.8 Å².